The van der Waals surface area contributed by atoms with Gasteiger partial charge in [-0.3, -0.25) is 15.5 Å². The molecule has 1 N–H and O–H groups in total. The molecule has 0 saturated carbocycles. The van der Waals surface area contributed by atoms with Crippen molar-refractivity contribution in [2.45, 2.75) is 6.18 Å². The number of hydrazone groups is 1. The van der Waals surface area contributed by atoms with Gasteiger partial charge in [-0.1, -0.05) is 5.92 Å². The first-order valence-electron chi connectivity index (χ1n) is 7.65. The number of ether oxygens (including phenoxy) is 2. The monoisotopic (exact) mass is 393 g/mol. The fourth-order valence-electron chi connectivity index (χ4n) is 2.13. The summed E-state index contributed by atoms with van der Waals surface area (Å²) in [5.41, 5.74) is 0.861. The standard InChI is InChI=1S/C18H14F3N3O4/c1-3-8-28-16-7-4-12(9-17(16)27-2)11-22-23-14-6-5-13(18(19,20)21)10-15(14)24(25)26/h1,4-7,9-11,23H,8H2,2H3/b22-11-. The number of nitro groups is 1. The number of benzene rings is 2. The van der Waals surface area contributed by atoms with Crippen LogP contribution in [0.2, 0.25) is 0 Å². The van der Waals surface area contributed by atoms with Gasteiger partial charge >= 0.3 is 6.18 Å². The van der Waals surface area contributed by atoms with E-state index in [1.165, 1.54) is 13.3 Å². The number of nitrogens with one attached hydrogen (secondary N) is 1. The lowest BCUT2D eigenvalue weighted by Gasteiger charge is -2.09. The van der Waals surface area contributed by atoms with Crippen LogP contribution >= 0.6 is 0 Å². The predicted molar refractivity (Wildman–Crippen MR) is 96.6 cm³/mol. The van der Waals surface area contributed by atoms with Gasteiger partial charge in [0.2, 0.25) is 0 Å². The molecule has 10 heteroatoms. The lowest BCUT2D eigenvalue weighted by Crippen LogP contribution is -2.06. The van der Waals surface area contributed by atoms with Crippen molar-refractivity contribution in [3.8, 4) is 23.8 Å². The molecule has 0 aliphatic heterocycles. The Morgan fingerprint density at radius 1 is 1.29 bits per heavy atom. The number of rotatable bonds is 7. The van der Waals surface area contributed by atoms with Crippen LogP contribution in [0.3, 0.4) is 0 Å². The van der Waals surface area contributed by atoms with Crippen LogP contribution in [-0.4, -0.2) is 24.9 Å². The van der Waals surface area contributed by atoms with Crippen LogP contribution in [0.1, 0.15) is 11.1 Å². The fraction of sp³-hybridized carbons (Fsp3) is 0.167. The van der Waals surface area contributed by atoms with Gasteiger partial charge in [-0.2, -0.15) is 18.3 Å². The van der Waals surface area contributed by atoms with Gasteiger partial charge in [-0.05, 0) is 35.9 Å². The Bertz CT molecular complexity index is 937. The van der Waals surface area contributed by atoms with Crippen molar-refractivity contribution >= 4 is 17.6 Å². The van der Waals surface area contributed by atoms with Crippen molar-refractivity contribution in [3.05, 3.63) is 57.6 Å². The third-order valence-electron chi connectivity index (χ3n) is 3.42. The summed E-state index contributed by atoms with van der Waals surface area (Å²) in [6.45, 7) is 0.0585. The molecule has 0 spiro atoms. The number of methoxy groups -OCH3 is 1. The molecule has 0 amide bonds. The Balaban J connectivity index is 2.20. The summed E-state index contributed by atoms with van der Waals surface area (Å²) < 4.78 is 48.6. The summed E-state index contributed by atoms with van der Waals surface area (Å²) in [5, 5.41) is 14.9. The molecule has 0 saturated heterocycles. The zero-order chi connectivity index (χ0) is 20.7. The molecule has 0 aliphatic carbocycles. The van der Waals surface area contributed by atoms with E-state index in [4.69, 9.17) is 15.9 Å². The average Bonchev–Trinajstić information content (AvgIpc) is 2.65. The largest absolute Gasteiger partial charge is 0.493 e. The van der Waals surface area contributed by atoms with Crippen LogP contribution in [0.15, 0.2) is 41.5 Å². The molecule has 0 radical (unpaired) electrons. The van der Waals surface area contributed by atoms with Crippen LogP contribution in [0.25, 0.3) is 0 Å². The Kier molecular flexibility index (Phi) is 6.44. The van der Waals surface area contributed by atoms with E-state index in [2.05, 4.69) is 16.4 Å². The predicted octanol–water partition coefficient (Wildman–Crippen LogP) is 4.08. The van der Waals surface area contributed by atoms with Gasteiger partial charge < -0.3 is 9.47 Å². The van der Waals surface area contributed by atoms with Crippen LogP contribution in [0.5, 0.6) is 11.5 Å². The van der Waals surface area contributed by atoms with Gasteiger partial charge in [0.1, 0.15) is 12.3 Å². The van der Waals surface area contributed by atoms with E-state index in [-0.39, 0.29) is 12.3 Å². The third kappa shape index (κ3) is 5.14. The summed E-state index contributed by atoms with van der Waals surface area (Å²) in [7, 11) is 1.43. The lowest BCUT2D eigenvalue weighted by molar-refractivity contribution is -0.384. The van der Waals surface area contributed by atoms with E-state index in [1.54, 1.807) is 18.2 Å². The second kappa shape index (κ2) is 8.77. The molecule has 0 bridgehead atoms. The Labute approximate surface area is 157 Å². The molecule has 0 aromatic heterocycles. The quantitative estimate of drug-likeness (QED) is 0.332. The van der Waals surface area contributed by atoms with E-state index in [0.29, 0.717) is 23.1 Å². The summed E-state index contributed by atoms with van der Waals surface area (Å²) in [4.78, 5) is 10.1. The molecule has 0 atom stereocenters. The van der Waals surface area contributed by atoms with E-state index in [9.17, 15) is 23.3 Å². The number of alkyl halides is 3. The first kappa shape index (κ1) is 20.6. The normalized spacial score (nSPS) is 11.1. The Morgan fingerprint density at radius 2 is 2.04 bits per heavy atom. The summed E-state index contributed by atoms with van der Waals surface area (Å²) in [6.07, 6.45) is 1.76. The SMILES string of the molecule is C#CCOc1ccc(/C=N\Nc2ccc(C(F)(F)F)cc2[N+](=O)[O-])cc1OC. The summed E-state index contributed by atoms with van der Waals surface area (Å²) >= 11 is 0. The zero-order valence-electron chi connectivity index (χ0n) is 14.5. The molecule has 0 fully saturated rings. The summed E-state index contributed by atoms with van der Waals surface area (Å²) in [5.74, 6) is 3.13. The maximum absolute atomic E-state index is 12.7. The molecule has 0 aliphatic rings. The molecule has 0 unspecified atom stereocenters. The van der Waals surface area contributed by atoms with Crippen molar-refractivity contribution in [3.63, 3.8) is 0 Å². The minimum atomic E-state index is -4.69. The maximum Gasteiger partial charge on any atom is 0.416 e. The molecular weight excluding hydrogens is 379 g/mol. The van der Waals surface area contributed by atoms with Gasteiger partial charge in [-0.15, -0.1) is 6.42 Å². The highest BCUT2D eigenvalue weighted by Gasteiger charge is 2.33. The van der Waals surface area contributed by atoms with E-state index in [0.717, 1.165) is 12.1 Å². The van der Waals surface area contributed by atoms with Crippen LogP contribution in [-0.2, 0) is 6.18 Å². The van der Waals surface area contributed by atoms with Gasteiger partial charge in [0.05, 0.1) is 23.8 Å². The minimum absolute atomic E-state index is 0.0585. The molecule has 0 heterocycles. The van der Waals surface area contributed by atoms with Crippen molar-refractivity contribution in [2.24, 2.45) is 5.10 Å². The summed E-state index contributed by atoms with van der Waals surface area (Å²) in [6, 6.07) is 6.91. The number of terminal acetylenes is 1. The smallest absolute Gasteiger partial charge is 0.416 e. The third-order valence-corrected chi connectivity index (χ3v) is 3.42. The van der Waals surface area contributed by atoms with Crippen LogP contribution < -0.4 is 14.9 Å². The van der Waals surface area contributed by atoms with Crippen molar-refractivity contribution < 1.29 is 27.6 Å². The molecule has 2 aromatic rings. The molecule has 2 rings (SSSR count). The number of hydrogen-bond donors (Lipinski definition) is 1. The zero-order valence-corrected chi connectivity index (χ0v) is 14.5. The minimum Gasteiger partial charge on any atom is -0.493 e. The fourth-order valence-corrected chi connectivity index (χ4v) is 2.13. The van der Waals surface area contributed by atoms with E-state index in [1.807, 2.05) is 0 Å². The molecule has 146 valence electrons. The highest BCUT2D eigenvalue weighted by atomic mass is 19.4. The van der Waals surface area contributed by atoms with Gasteiger partial charge in [-0.25, -0.2) is 0 Å². The van der Waals surface area contributed by atoms with Crippen molar-refractivity contribution in [2.75, 3.05) is 19.1 Å². The number of hydrogen-bond acceptors (Lipinski definition) is 6. The first-order chi connectivity index (χ1) is 13.3. The number of anilines is 1. The van der Waals surface area contributed by atoms with E-state index >= 15 is 0 Å². The second-order valence-electron chi connectivity index (χ2n) is 5.26. The van der Waals surface area contributed by atoms with Crippen molar-refractivity contribution in [1.29, 1.82) is 0 Å². The van der Waals surface area contributed by atoms with Crippen LogP contribution in [0.4, 0.5) is 24.5 Å². The van der Waals surface area contributed by atoms with Gasteiger partial charge in [0, 0.05) is 6.07 Å². The average molecular weight is 393 g/mol. The highest BCUT2D eigenvalue weighted by molar-refractivity contribution is 5.82. The van der Waals surface area contributed by atoms with Crippen molar-refractivity contribution in [1.82, 2.24) is 0 Å². The number of nitrogens with zero attached hydrogens (tertiary/aromatic N) is 2. The molecule has 28 heavy (non-hydrogen) atoms. The van der Waals surface area contributed by atoms with Crippen LogP contribution in [0, 0.1) is 22.5 Å². The topological polar surface area (TPSA) is 86.0 Å². The van der Waals surface area contributed by atoms with Gasteiger partial charge in [0.25, 0.3) is 5.69 Å². The highest BCUT2D eigenvalue weighted by Crippen LogP contribution is 2.35. The molecular formula is C18H14F3N3O4. The molecule has 2 aromatic carbocycles. The Morgan fingerprint density at radius 3 is 2.64 bits per heavy atom. The Hall–Kier alpha value is -3.74. The molecule has 7 nitrogen and oxygen atoms in total. The number of halogens is 3. The van der Waals surface area contributed by atoms with Gasteiger partial charge in [0.15, 0.2) is 11.5 Å². The first-order valence-corrected chi connectivity index (χ1v) is 7.65. The maximum atomic E-state index is 12.7. The lowest BCUT2D eigenvalue weighted by atomic mass is 10.1. The van der Waals surface area contributed by atoms with E-state index < -0.39 is 22.4 Å². The number of nitro benzene ring substituents is 1. The second-order valence-corrected chi connectivity index (χ2v) is 5.26.